The molecule has 1 aromatic heterocycles. The molecule has 1 heterocycles. The normalized spacial score (nSPS) is 18.7. The van der Waals surface area contributed by atoms with Crippen molar-refractivity contribution in [2.75, 3.05) is 12.3 Å². The Bertz CT molecular complexity index is 529. The topological polar surface area (TPSA) is 81.0 Å². The van der Waals surface area contributed by atoms with Gasteiger partial charge in [0.15, 0.2) is 0 Å². The Labute approximate surface area is 126 Å². The van der Waals surface area contributed by atoms with Crippen molar-refractivity contribution in [2.45, 2.75) is 70.8 Å². The van der Waals surface area contributed by atoms with E-state index in [1.54, 1.807) is 0 Å². The first kappa shape index (κ1) is 16.0. The standard InChI is InChI=1S/C16H27N3O2/c1-4-21-16(9-7-5-6-8-10-16)15-18-13(17)12(11(2)3)14(20)19-15/h11H,4-10H2,1-3H3,(H3,17,18,19,20). The third-order valence-corrected chi connectivity index (χ3v) is 4.33. The number of ether oxygens (including phenoxy) is 1. The maximum absolute atomic E-state index is 12.3. The molecule has 118 valence electrons. The van der Waals surface area contributed by atoms with Crippen molar-refractivity contribution < 1.29 is 4.74 Å². The van der Waals surface area contributed by atoms with Crippen LogP contribution in [-0.4, -0.2) is 16.6 Å². The molecule has 0 aliphatic heterocycles. The minimum Gasteiger partial charge on any atom is -0.383 e. The van der Waals surface area contributed by atoms with Crippen molar-refractivity contribution in [1.29, 1.82) is 0 Å². The van der Waals surface area contributed by atoms with Crippen LogP contribution in [0.25, 0.3) is 0 Å². The van der Waals surface area contributed by atoms with Crippen LogP contribution in [0.5, 0.6) is 0 Å². The molecule has 1 fully saturated rings. The first-order chi connectivity index (χ1) is 10.00. The summed E-state index contributed by atoms with van der Waals surface area (Å²) >= 11 is 0. The highest BCUT2D eigenvalue weighted by Gasteiger charge is 2.36. The van der Waals surface area contributed by atoms with Gasteiger partial charge >= 0.3 is 0 Å². The molecule has 0 aromatic carbocycles. The van der Waals surface area contributed by atoms with Gasteiger partial charge in [-0.3, -0.25) is 4.79 Å². The third kappa shape index (κ3) is 3.28. The molecule has 0 bridgehead atoms. The first-order valence-electron chi connectivity index (χ1n) is 8.04. The van der Waals surface area contributed by atoms with Crippen LogP contribution in [0.1, 0.15) is 76.6 Å². The largest absolute Gasteiger partial charge is 0.383 e. The second-order valence-corrected chi connectivity index (χ2v) is 6.21. The summed E-state index contributed by atoms with van der Waals surface area (Å²) in [6.45, 7) is 6.49. The van der Waals surface area contributed by atoms with Gasteiger partial charge in [-0.2, -0.15) is 0 Å². The Morgan fingerprint density at radius 3 is 2.38 bits per heavy atom. The van der Waals surface area contributed by atoms with E-state index in [0.29, 0.717) is 23.8 Å². The Morgan fingerprint density at radius 2 is 1.90 bits per heavy atom. The van der Waals surface area contributed by atoms with Gasteiger partial charge in [0.2, 0.25) is 0 Å². The van der Waals surface area contributed by atoms with Gasteiger partial charge < -0.3 is 15.5 Å². The summed E-state index contributed by atoms with van der Waals surface area (Å²) in [5, 5.41) is 0. The van der Waals surface area contributed by atoms with Gasteiger partial charge in [-0.05, 0) is 25.7 Å². The highest BCUT2D eigenvalue weighted by molar-refractivity contribution is 5.40. The lowest BCUT2D eigenvalue weighted by Gasteiger charge is -2.32. The summed E-state index contributed by atoms with van der Waals surface area (Å²) in [4.78, 5) is 19.8. The molecule has 0 atom stereocenters. The number of hydrogen-bond donors (Lipinski definition) is 2. The van der Waals surface area contributed by atoms with E-state index in [2.05, 4.69) is 9.97 Å². The highest BCUT2D eigenvalue weighted by atomic mass is 16.5. The van der Waals surface area contributed by atoms with E-state index in [4.69, 9.17) is 10.5 Å². The Balaban J connectivity index is 2.48. The molecular weight excluding hydrogens is 266 g/mol. The molecule has 0 radical (unpaired) electrons. The second kappa shape index (κ2) is 6.60. The van der Waals surface area contributed by atoms with Crippen LogP contribution in [0, 0.1) is 0 Å². The minimum absolute atomic E-state index is 0.0625. The molecule has 1 aliphatic rings. The predicted octanol–water partition coefficient (Wildman–Crippen LogP) is 3.06. The molecule has 21 heavy (non-hydrogen) atoms. The molecule has 0 saturated heterocycles. The van der Waals surface area contributed by atoms with Crippen molar-refractivity contribution in [3.8, 4) is 0 Å². The molecule has 1 saturated carbocycles. The minimum atomic E-state index is -0.478. The number of nitrogens with one attached hydrogen (secondary N) is 1. The van der Waals surface area contributed by atoms with E-state index < -0.39 is 5.60 Å². The molecule has 2 rings (SSSR count). The monoisotopic (exact) mass is 293 g/mol. The van der Waals surface area contributed by atoms with Crippen LogP contribution in [0.4, 0.5) is 5.82 Å². The van der Waals surface area contributed by atoms with Gasteiger partial charge in [0.05, 0.1) is 5.56 Å². The van der Waals surface area contributed by atoms with E-state index in [1.807, 2.05) is 20.8 Å². The van der Waals surface area contributed by atoms with Crippen molar-refractivity contribution in [3.63, 3.8) is 0 Å². The highest BCUT2D eigenvalue weighted by Crippen LogP contribution is 2.38. The van der Waals surface area contributed by atoms with Crippen molar-refractivity contribution in [3.05, 3.63) is 21.7 Å². The molecular formula is C16H27N3O2. The number of anilines is 1. The molecule has 5 nitrogen and oxygen atoms in total. The number of H-pyrrole nitrogens is 1. The Hall–Kier alpha value is -1.36. The quantitative estimate of drug-likeness (QED) is 0.836. The summed E-state index contributed by atoms with van der Waals surface area (Å²) in [6.07, 6.45) is 6.39. The summed E-state index contributed by atoms with van der Waals surface area (Å²) in [5.74, 6) is 1.01. The Morgan fingerprint density at radius 1 is 1.29 bits per heavy atom. The average molecular weight is 293 g/mol. The number of aromatic amines is 1. The second-order valence-electron chi connectivity index (χ2n) is 6.21. The van der Waals surface area contributed by atoms with E-state index in [1.165, 1.54) is 12.8 Å². The number of nitrogen functional groups attached to an aromatic ring is 1. The average Bonchev–Trinajstić information content (AvgIpc) is 2.64. The van der Waals surface area contributed by atoms with Crippen LogP contribution in [0.15, 0.2) is 4.79 Å². The molecule has 5 heteroatoms. The van der Waals surface area contributed by atoms with Crippen LogP contribution in [0.3, 0.4) is 0 Å². The maximum atomic E-state index is 12.3. The molecule has 3 N–H and O–H groups in total. The molecule has 0 unspecified atom stereocenters. The number of nitrogens with two attached hydrogens (primary N) is 1. The fraction of sp³-hybridized carbons (Fsp3) is 0.750. The van der Waals surface area contributed by atoms with Crippen molar-refractivity contribution in [2.24, 2.45) is 0 Å². The fourth-order valence-corrected chi connectivity index (χ4v) is 3.30. The zero-order valence-electron chi connectivity index (χ0n) is 13.4. The van der Waals surface area contributed by atoms with Crippen molar-refractivity contribution in [1.82, 2.24) is 9.97 Å². The van der Waals surface area contributed by atoms with E-state index in [-0.39, 0.29) is 11.5 Å². The van der Waals surface area contributed by atoms with Gasteiger partial charge in [0, 0.05) is 6.61 Å². The lowest BCUT2D eigenvalue weighted by molar-refractivity contribution is -0.0625. The van der Waals surface area contributed by atoms with E-state index in [0.717, 1.165) is 25.7 Å². The first-order valence-corrected chi connectivity index (χ1v) is 8.04. The van der Waals surface area contributed by atoms with Gasteiger partial charge in [-0.15, -0.1) is 0 Å². The van der Waals surface area contributed by atoms with Crippen LogP contribution < -0.4 is 11.3 Å². The number of hydrogen-bond acceptors (Lipinski definition) is 4. The summed E-state index contributed by atoms with van der Waals surface area (Å²) in [7, 11) is 0. The van der Waals surface area contributed by atoms with Gasteiger partial charge in [-0.25, -0.2) is 4.98 Å². The van der Waals surface area contributed by atoms with E-state index >= 15 is 0 Å². The summed E-state index contributed by atoms with van der Waals surface area (Å²) in [6, 6.07) is 0. The smallest absolute Gasteiger partial charge is 0.256 e. The van der Waals surface area contributed by atoms with Gasteiger partial charge in [0.25, 0.3) is 5.56 Å². The maximum Gasteiger partial charge on any atom is 0.256 e. The predicted molar refractivity (Wildman–Crippen MR) is 84.4 cm³/mol. The molecule has 1 aromatic rings. The fourth-order valence-electron chi connectivity index (χ4n) is 3.30. The molecule has 0 spiro atoms. The zero-order chi connectivity index (χ0) is 15.5. The number of rotatable bonds is 4. The summed E-state index contributed by atoms with van der Waals surface area (Å²) < 4.78 is 6.06. The van der Waals surface area contributed by atoms with Gasteiger partial charge in [0.1, 0.15) is 17.2 Å². The number of nitrogens with zero attached hydrogens (tertiary/aromatic N) is 1. The molecule has 1 aliphatic carbocycles. The van der Waals surface area contributed by atoms with Crippen LogP contribution in [0.2, 0.25) is 0 Å². The number of aromatic nitrogens is 2. The zero-order valence-corrected chi connectivity index (χ0v) is 13.4. The Kier molecular flexibility index (Phi) is 5.04. The van der Waals surface area contributed by atoms with Gasteiger partial charge in [-0.1, -0.05) is 39.5 Å². The molecule has 0 amide bonds. The SMILES string of the molecule is CCOC1(c2nc(N)c(C(C)C)c(=O)[nH]2)CCCCCC1. The van der Waals surface area contributed by atoms with Crippen LogP contribution >= 0.6 is 0 Å². The summed E-state index contributed by atoms with van der Waals surface area (Å²) in [5.41, 5.74) is 6.00. The lowest BCUT2D eigenvalue weighted by atomic mass is 9.92. The van der Waals surface area contributed by atoms with E-state index in [9.17, 15) is 4.79 Å². The van der Waals surface area contributed by atoms with Crippen molar-refractivity contribution >= 4 is 5.82 Å². The van der Waals surface area contributed by atoms with Crippen LogP contribution in [-0.2, 0) is 10.3 Å². The third-order valence-electron chi connectivity index (χ3n) is 4.33. The lowest BCUT2D eigenvalue weighted by Crippen LogP contribution is -2.35.